The summed E-state index contributed by atoms with van der Waals surface area (Å²) < 4.78 is 49.4. The van der Waals surface area contributed by atoms with Gasteiger partial charge in [0, 0.05) is 6.04 Å². The van der Waals surface area contributed by atoms with Crippen LogP contribution in [0, 0.1) is 0 Å². The fourth-order valence-electron chi connectivity index (χ4n) is 1.53. The molecule has 1 rings (SSSR count). The maximum Gasteiger partial charge on any atom is 0.242 e. The first-order chi connectivity index (χ1) is 8.68. The van der Waals surface area contributed by atoms with Crippen molar-refractivity contribution in [3.8, 4) is 0 Å². The molecule has 0 spiro atoms. The molecule has 0 heterocycles. The minimum absolute atomic E-state index is 0.353. The first-order valence-corrected chi connectivity index (χ1v) is 8.46. The number of sulfonamides is 2. The van der Waals surface area contributed by atoms with Gasteiger partial charge >= 0.3 is 0 Å². The van der Waals surface area contributed by atoms with Crippen LogP contribution in [-0.4, -0.2) is 22.9 Å². The highest BCUT2D eigenvalue weighted by Crippen LogP contribution is 2.19. The number of nitrogens with one attached hydrogen (secondary N) is 1. The van der Waals surface area contributed by atoms with Gasteiger partial charge in [0.25, 0.3) is 0 Å². The summed E-state index contributed by atoms with van der Waals surface area (Å²) >= 11 is 0. The smallest absolute Gasteiger partial charge is 0.225 e. The molecule has 8 heteroatoms. The molecular formula is C11H16N2O4S2. The fourth-order valence-corrected chi connectivity index (χ4v) is 4.17. The fraction of sp³-hybridized carbons (Fsp3) is 0.273. The van der Waals surface area contributed by atoms with Crippen molar-refractivity contribution in [3.05, 3.63) is 36.9 Å². The summed E-state index contributed by atoms with van der Waals surface area (Å²) in [7, 11) is -8.06. The Morgan fingerprint density at radius 1 is 1.26 bits per heavy atom. The molecule has 1 aromatic carbocycles. The van der Waals surface area contributed by atoms with Crippen LogP contribution in [0.15, 0.2) is 46.7 Å². The van der Waals surface area contributed by atoms with Gasteiger partial charge in [-0.15, -0.1) is 6.58 Å². The topological polar surface area (TPSA) is 106 Å². The lowest BCUT2D eigenvalue weighted by molar-refractivity contribution is 0.557. The van der Waals surface area contributed by atoms with Crippen molar-refractivity contribution in [2.24, 2.45) is 5.14 Å². The Hall–Kier alpha value is -1.22. The molecule has 0 aromatic heterocycles. The number of benzene rings is 1. The molecule has 0 bridgehead atoms. The lowest BCUT2D eigenvalue weighted by Gasteiger charge is -2.14. The molecular weight excluding hydrogens is 288 g/mol. The summed E-state index contributed by atoms with van der Waals surface area (Å²) in [6.07, 6.45) is 2.00. The molecule has 0 amide bonds. The maximum atomic E-state index is 12.1. The van der Waals surface area contributed by atoms with Gasteiger partial charge in [-0.3, -0.25) is 0 Å². The highest BCUT2D eigenvalue weighted by molar-refractivity contribution is 7.92. The second-order valence-electron chi connectivity index (χ2n) is 4.04. The highest BCUT2D eigenvalue weighted by atomic mass is 32.2. The minimum Gasteiger partial charge on any atom is -0.225 e. The normalized spacial score (nSPS) is 14.0. The number of hydrogen-bond donors (Lipinski definition) is 2. The van der Waals surface area contributed by atoms with Gasteiger partial charge < -0.3 is 0 Å². The second kappa shape index (κ2) is 5.83. The Kier molecular flexibility index (Phi) is 4.86. The van der Waals surface area contributed by atoms with Crippen LogP contribution >= 0.6 is 0 Å². The zero-order valence-corrected chi connectivity index (χ0v) is 12.0. The van der Waals surface area contributed by atoms with E-state index in [4.69, 9.17) is 5.14 Å². The van der Waals surface area contributed by atoms with E-state index in [2.05, 4.69) is 11.3 Å². The molecule has 0 aliphatic rings. The van der Waals surface area contributed by atoms with E-state index < -0.39 is 31.0 Å². The van der Waals surface area contributed by atoms with Crippen molar-refractivity contribution in [1.82, 2.24) is 4.72 Å². The predicted octanol–water partition coefficient (Wildman–Crippen LogP) is 0.577. The van der Waals surface area contributed by atoms with E-state index in [9.17, 15) is 16.8 Å². The van der Waals surface area contributed by atoms with E-state index in [-0.39, 0.29) is 4.90 Å². The molecule has 3 N–H and O–H groups in total. The summed E-state index contributed by atoms with van der Waals surface area (Å²) in [5.74, 6) is 0. The van der Waals surface area contributed by atoms with Gasteiger partial charge in [-0.1, -0.05) is 18.2 Å². The molecule has 6 nitrogen and oxygen atoms in total. The maximum absolute atomic E-state index is 12.1. The van der Waals surface area contributed by atoms with Gasteiger partial charge in [0.05, 0.1) is 0 Å². The third kappa shape index (κ3) is 4.13. The van der Waals surface area contributed by atoms with E-state index in [0.29, 0.717) is 6.42 Å². The Morgan fingerprint density at radius 3 is 2.26 bits per heavy atom. The molecule has 0 aliphatic heterocycles. The van der Waals surface area contributed by atoms with Crippen molar-refractivity contribution in [1.29, 1.82) is 0 Å². The van der Waals surface area contributed by atoms with E-state index in [1.165, 1.54) is 18.2 Å². The van der Waals surface area contributed by atoms with Crippen molar-refractivity contribution in [3.63, 3.8) is 0 Å². The van der Waals surface area contributed by atoms with E-state index in [1.54, 1.807) is 13.0 Å². The van der Waals surface area contributed by atoms with E-state index in [1.807, 2.05) is 0 Å². The number of nitrogens with two attached hydrogens (primary N) is 1. The molecule has 1 atom stereocenters. The zero-order valence-electron chi connectivity index (χ0n) is 10.4. The van der Waals surface area contributed by atoms with Crippen molar-refractivity contribution >= 4 is 20.0 Å². The summed E-state index contributed by atoms with van der Waals surface area (Å²) in [4.78, 5) is -0.776. The summed E-state index contributed by atoms with van der Waals surface area (Å²) in [6, 6.07) is 4.80. The Bertz CT molecular complexity index is 666. The largest absolute Gasteiger partial charge is 0.242 e. The zero-order chi connectivity index (χ0) is 14.7. The molecule has 0 saturated carbocycles. The number of primary sulfonamides is 1. The third-order valence-corrected chi connectivity index (χ3v) is 5.07. The predicted molar refractivity (Wildman–Crippen MR) is 72.4 cm³/mol. The van der Waals surface area contributed by atoms with Crippen LogP contribution in [0.2, 0.25) is 0 Å². The minimum atomic E-state index is -4.10. The standard InChI is InChI=1S/C11H16N2O4S2/c1-3-6-9(2)13-19(16,17)11-8-5-4-7-10(11)18(12,14)15/h3-5,7-9,13H,1,6H2,2H3,(H2,12,14,15). The van der Waals surface area contributed by atoms with Crippen molar-refractivity contribution in [2.75, 3.05) is 0 Å². The van der Waals surface area contributed by atoms with Crippen molar-refractivity contribution in [2.45, 2.75) is 29.2 Å². The van der Waals surface area contributed by atoms with E-state index in [0.717, 1.165) is 6.07 Å². The lowest BCUT2D eigenvalue weighted by Crippen LogP contribution is -2.33. The lowest BCUT2D eigenvalue weighted by atomic mass is 10.3. The van der Waals surface area contributed by atoms with Gasteiger partial charge in [-0.25, -0.2) is 26.7 Å². The molecule has 19 heavy (non-hydrogen) atoms. The quantitative estimate of drug-likeness (QED) is 0.749. The summed E-state index contributed by atoms with van der Waals surface area (Å²) in [5.41, 5.74) is 0. The van der Waals surface area contributed by atoms with Gasteiger partial charge in [0.15, 0.2) is 0 Å². The molecule has 0 aliphatic carbocycles. The summed E-state index contributed by atoms with van der Waals surface area (Å²) in [5, 5.41) is 5.01. The highest BCUT2D eigenvalue weighted by Gasteiger charge is 2.24. The number of hydrogen-bond acceptors (Lipinski definition) is 4. The molecule has 0 fully saturated rings. The Morgan fingerprint density at radius 2 is 1.79 bits per heavy atom. The summed E-state index contributed by atoms with van der Waals surface area (Å²) in [6.45, 7) is 5.16. The monoisotopic (exact) mass is 304 g/mol. The van der Waals surface area contributed by atoms with Gasteiger partial charge in [-0.05, 0) is 25.5 Å². The van der Waals surface area contributed by atoms with Crippen LogP contribution in [0.3, 0.4) is 0 Å². The average Bonchev–Trinajstić information content (AvgIpc) is 2.27. The Labute approximate surface area is 113 Å². The van der Waals surface area contributed by atoms with Crippen LogP contribution in [-0.2, 0) is 20.0 Å². The molecule has 0 saturated heterocycles. The van der Waals surface area contributed by atoms with Crippen LogP contribution in [0.4, 0.5) is 0 Å². The van der Waals surface area contributed by atoms with Crippen LogP contribution in [0.5, 0.6) is 0 Å². The average molecular weight is 304 g/mol. The van der Waals surface area contributed by atoms with Gasteiger partial charge in [0.1, 0.15) is 9.79 Å². The van der Waals surface area contributed by atoms with Crippen molar-refractivity contribution < 1.29 is 16.8 Å². The molecule has 1 unspecified atom stereocenters. The van der Waals surface area contributed by atoms with Crippen LogP contribution in [0.1, 0.15) is 13.3 Å². The van der Waals surface area contributed by atoms with Gasteiger partial charge in [-0.2, -0.15) is 0 Å². The first kappa shape index (κ1) is 15.8. The first-order valence-electron chi connectivity index (χ1n) is 5.43. The Balaban J connectivity index is 3.27. The molecule has 106 valence electrons. The molecule has 0 radical (unpaired) electrons. The third-order valence-electron chi connectivity index (χ3n) is 2.32. The van der Waals surface area contributed by atoms with E-state index >= 15 is 0 Å². The molecule has 1 aromatic rings. The second-order valence-corrected chi connectivity index (χ2v) is 7.25. The number of rotatable bonds is 6. The SMILES string of the molecule is C=CCC(C)NS(=O)(=O)c1ccccc1S(N)(=O)=O. The van der Waals surface area contributed by atoms with Crippen LogP contribution in [0.25, 0.3) is 0 Å². The van der Waals surface area contributed by atoms with Gasteiger partial charge in [0.2, 0.25) is 20.0 Å². The van der Waals surface area contributed by atoms with Crippen LogP contribution < -0.4 is 9.86 Å².